The van der Waals surface area contributed by atoms with Gasteiger partial charge in [-0.05, 0) is 43.2 Å². The van der Waals surface area contributed by atoms with Crippen molar-refractivity contribution in [3.63, 3.8) is 0 Å². The van der Waals surface area contributed by atoms with Crippen molar-refractivity contribution in [1.82, 2.24) is 19.3 Å². The number of nitrogens with zero attached hydrogens (tertiary/aromatic N) is 4. The molecule has 0 saturated heterocycles. The molecule has 3 aromatic heterocycles. The maximum absolute atomic E-state index is 12.5. The summed E-state index contributed by atoms with van der Waals surface area (Å²) >= 11 is 0. The minimum atomic E-state index is -0.518. The van der Waals surface area contributed by atoms with Gasteiger partial charge < -0.3 is 13.7 Å². The first-order valence-electron chi connectivity index (χ1n) is 8.87. The van der Waals surface area contributed by atoms with Crippen molar-refractivity contribution in [3.8, 4) is 11.5 Å². The van der Waals surface area contributed by atoms with Gasteiger partial charge in [0.05, 0.1) is 6.54 Å². The Balaban J connectivity index is 1.39. The summed E-state index contributed by atoms with van der Waals surface area (Å²) in [6.45, 7) is 0.196. The minimum absolute atomic E-state index is 0.177. The molecule has 0 aromatic carbocycles. The molecule has 132 valence electrons. The highest BCUT2D eigenvalue weighted by Crippen LogP contribution is 2.55. The predicted octanol–water partition coefficient (Wildman–Crippen LogP) is 2.08. The Hall–Kier alpha value is -2.96. The van der Waals surface area contributed by atoms with Gasteiger partial charge in [-0.15, -0.1) is 0 Å². The molecule has 7 nitrogen and oxygen atoms in total. The van der Waals surface area contributed by atoms with Crippen LogP contribution in [0.1, 0.15) is 31.0 Å². The number of hydrogen-bond donors (Lipinski definition) is 0. The highest BCUT2D eigenvalue weighted by Gasteiger charge is 2.46. The molecule has 7 heteroatoms. The fourth-order valence-corrected chi connectivity index (χ4v) is 4.03. The van der Waals surface area contributed by atoms with Crippen LogP contribution in [-0.4, -0.2) is 19.3 Å². The van der Waals surface area contributed by atoms with Crippen molar-refractivity contribution >= 4 is 0 Å². The van der Waals surface area contributed by atoms with Crippen LogP contribution >= 0.6 is 0 Å². The lowest BCUT2D eigenvalue weighted by molar-refractivity contribution is 0.417. The van der Waals surface area contributed by atoms with E-state index in [1.54, 1.807) is 29.2 Å². The van der Waals surface area contributed by atoms with Gasteiger partial charge in [-0.3, -0.25) is 14.6 Å². The summed E-state index contributed by atoms with van der Waals surface area (Å²) in [6.07, 6.45) is 8.40. The molecule has 2 fully saturated rings. The zero-order chi connectivity index (χ0) is 17.7. The molecular weight excluding hydrogens is 332 g/mol. The summed E-state index contributed by atoms with van der Waals surface area (Å²) < 4.78 is 8.31. The van der Waals surface area contributed by atoms with Crippen molar-refractivity contribution in [2.24, 2.45) is 11.8 Å². The third kappa shape index (κ3) is 2.60. The van der Waals surface area contributed by atoms with E-state index in [4.69, 9.17) is 4.52 Å². The van der Waals surface area contributed by atoms with Gasteiger partial charge in [-0.1, -0.05) is 11.2 Å². The first-order valence-corrected chi connectivity index (χ1v) is 8.87. The number of rotatable bonds is 4. The third-order valence-electron chi connectivity index (χ3n) is 5.51. The van der Waals surface area contributed by atoms with Crippen molar-refractivity contribution in [3.05, 3.63) is 69.3 Å². The van der Waals surface area contributed by atoms with E-state index in [1.807, 2.05) is 18.2 Å². The average Bonchev–Trinajstić information content (AvgIpc) is 3.06. The van der Waals surface area contributed by atoms with Gasteiger partial charge in [0, 0.05) is 30.7 Å². The van der Waals surface area contributed by atoms with Crippen LogP contribution in [0.5, 0.6) is 0 Å². The summed E-state index contributed by atoms with van der Waals surface area (Å²) in [5, 5.41) is 3.99. The van der Waals surface area contributed by atoms with E-state index in [9.17, 15) is 9.59 Å². The van der Waals surface area contributed by atoms with Gasteiger partial charge in [0.1, 0.15) is 11.4 Å². The van der Waals surface area contributed by atoms with E-state index >= 15 is 0 Å². The van der Waals surface area contributed by atoms with Gasteiger partial charge in [0.25, 0.3) is 0 Å². The highest BCUT2D eigenvalue weighted by molar-refractivity contribution is 5.51. The second-order valence-corrected chi connectivity index (χ2v) is 7.22. The number of pyridine rings is 1. The molecule has 0 N–H and O–H groups in total. The largest absolute Gasteiger partial charge is 0.354 e. The topological polar surface area (TPSA) is 82.9 Å². The second kappa shape index (κ2) is 5.79. The molecule has 0 amide bonds. The van der Waals surface area contributed by atoms with Crippen LogP contribution in [0.15, 0.2) is 57.0 Å². The lowest BCUT2D eigenvalue weighted by Crippen LogP contribution is -2.42. The monoisotopic (exact) mass is 350 g/mol. The second-order valence-electron chi connectivity index (χ2n) is 7.22. The third-order valence-corrected chi connectivity index (χ3v) is 5.51. The minimum Gasteiger partial charge on any atom is -0.354 e. The summed E-state index contributed by atoms with van der Waals surface area (Å²) in [7, 11) is 0. The molecular formula is C19H18N4O3. The smallest absolute Gasteiger partial charge is 0.316 e. The van der Waals surface area contributed by atoms with Crippen LogP contribution in [0.25, 0.3) is 11.5 Å². The molecule has 3 aromatic rings. The summed E-state index contributed by atoms with van der Waals surface area (Å²) in [5.74, 6) is 2.05. The Morgan fingerprint density at radius 1 is 1.08 bits per heavy atom. The first-order chi connectivity index (χ1) is 12.7. The van der Waals surface area contributed by atoms with Crippen LogP contribution in [0.3, 0.4) is 0 Å². The van der Waals surface area contributed by atoms with E-state index < -0.39 is 11.1 Å². The normalized spacial score (nSPS) is 23.8. The maximum Gasteiger partial charge on any atom is 0.316 e. The van der Waals surface area contributed by atoms with Crippen molar-refractivity contribution < 1.29 is 4.52 Å². The van der Waals surface area contributed by atoms with Crippen LogP contribution in [0, 0.1) is 11.8 Å². The number of hydrogen-bond acceptors (Lipinski definition) is 5. The average molecular weight is 350 g/mol. The van der Waals surface area contributed by atoms with Crippen molar-refractivity contribution in [2.45, 2.75) is 31.8 Å². The maximum atomic E-state index is 12.5. The van der Waals surface area contributed by atoms with Gasteiger partial charge in [-0.2, -0.15) is 0 Å². The number of fused-ring (bicyclic) bond motifs is 1. The van der Waals surface area contributed by atoms with Crippen LogP contribution in [-0.2, 0) is 6.54 Å². The SMILES string of the molecule is O=c1c(=O)n(C2C[C@@H]3C[C@@H]3C2)ccn1Cc1cc(-c2ccccn2)on1. The van der Waals surface area contributed by atoms with E-state index in [1.165, 1.54) is 11.0 Å². The molecule has 3 atom stereocenters. The molecule has 2 aliphatic rings. The molecule has 3 heterocycles. The Kier molecular flexibility index (Phi) is 3.41. The van der Waals surface area contributed by atoms with E-state index in [2.05, 4.69) is 10.1 Å². The Bertz CT molecular complexity index is 1060. The molecule has 1 unspecified atom stereocenters. The van der Waals surface area contributed by atoms with E-state index in [-0.39, 0.29) is 12.6 Å². The molecule has 0 aliphatic heterocycles. The molecule has 0 spiro atoms. The lowest BCUT2D eigenvalue weighted by Gasteiger charge is -2.15. The zero-order valence-electron chi connectivity index (χ0n) is 14.1. The van der Waals surface area contributed by atoms with Crippen LogP contribution < -0.4 is 11.1 Å². The van der Waals surface area contributed by atoms with Gasteiger partial charge in [-0.25, -0.2) is 0 Å². The summed E-state index contributed by atoms with van der Waals surface area (Å²) in [6, 6.07) is 7.43. The summed E-state index contributed by atoms with van der Waals surface area (Å²) in [5.41, 5.74) is 0.281. The predicted molar refractivity (Wildman–Crippen MR) is 93.7 cm³/mol. The Morgan fingerprint density at radius 2 is 1.92 bits per heavy atom. The number of aromatic nitrogens is 4. The summed E-state index contributed by atoms with van der Waals surface area (Å²) in [4.78, 5) is 29.2. The molecule has 5 rings (SSSR count). The standard InChI is InChI=1S/C19H18N4O3/c24-18-19(25)23(15-8-12-7-13(12)9-15)6-5-22(18)11-14-10-17(26-21-14)16-3-1-2-4-20-16/h1-6,10,12-13,15H,7-9,11H2/t12-,13+,15?. The zero-order valence-corrected chi connectivity index (χ0v) is 14.1. The Labute approximate surface area is 148 Å². The molecule has 26 heavy (non-hydrogen) atoms. The van der Waals surface area contributed by atoms with E-state index in [0.717, 1.165) is 24.7 Å². The van der Waals surface area contributed by atoms with Gasteiger partial charge in [0.2, 0.25) is 0 Å². The van der Waals surface area contributed by atoms with Crippen molar-refractivity contribution in [1.29, 1.82) is 0 Å². The highest BCUT2D eigenvalue weighted by atomic mass is 16.5. The molecule has 2 saturated carbocycles. The Morgan fingerprint density at radius 3 is 2.69 bits per heavy atom. The molecule has 2 aliphatic carbocycles. The quantitative estimate of drug-likeness (QED) is 0.673. The fraction of sp³-hybridized carbons (Fsp3) is 0.368. The lowest BCUT2D eigenvalue weighted by atomic mass is 10.1. The van der Waals surface area contributed by atoms with Crippen LogP contribution in [0.4, 0.5) is 0 Å². The molecule has 0 bridgehead atoms. The van der Waals surface area contributed by atoms with Gasteiger partial charge in [0.15, 0.2) is 5.76 Å². The van der Waals surface area contributed by atoms with Crippen molar-refractivity contribution in [2.75, 3.05) is 0 Å². The fourth-order valence-electron chi connectivity index (χ4n) is 4.03. The molecule has 0 radical (unpaired) electrons. The van der Waals surface area contributed by atoms with Gasteiger partial charge >= 0.3 is 11.1 Å². The van der Waals surface area contributed by atoms with Crippen LogP contribution in [0.2, 0.25) is 0 Å². The van der Waals surface area contributed by atoms with E-state index in [0.29, 0.717) is 17.1 Å². The first kappa shape index (κ1) is 15.3.